The highest BCUT2D eigenvalue weighted by atomic mass is 19.1. The van der Waals surface area contributed by atoms with Crippen molar-refractivity contribution in [1.82, 2.24) is 9.97 Å². The maximum atomic E-state index is 15.4. The number of nitrogens with one attached hydrogen (secondary N) is 3. The van der Waals surface area contributed by atoms with E-state index in [2.05, 4.69) is 32.5 Å². The number of aryl methyl sites for hydroxylation is 1. The first-order valence-electron chi connectivity index (χ1n) is 13.3. The zero-order valence-electron chi connectivity index (χ0n) is 23.7. The number of nitrogens with zero attached hydrogens (tertiary/aromatic N) is 2. The highest BCUT2D eigenvalue weighted by Gasteiger charge is 2.29. The molecule has 1 amide bonds. The largest absolute Gasteiger partial charge is 0.494 e. The minimum Gasteiger partial charge on any atom is -0.494 e. The van der Waals surface area contributed by atoms with Crippen LogP contribution in [0.1, 0.15) is 27.9 Å². The van der Waals surface area contributed by atoms with Crippen LogP contribution in [0.3, 0.4) is 0 Å². The second-order valence-electron chi connectivity index (χ2n) is 9.79. The quantitative estimate of drug-likeness (QED) is 0.162. The molecule has 12 heteroatoms. The molecule has 2 aromatic carbocycles. The molecular weight excluding hydrogens is 560 g/mol. The van der Waals surface area contributed by atoms with Gasteiger partial charge in [0, 0.05) is 41.4 Å². The van der Waals surface area contributed by atoms with Crippen molar-refractivity contribution in [2.75, 3.05) is 43.4 Å². The van der Waals surface area contributed by atoms with Crippen LogP contribution in [0.15, 0.2) is 55.5 Å². The fourth-order valence-corrected chi connectivity index (χ4v) is 4.84. The van der Waals surface area contributed by atoms with Crippen LogP contribution in [-0.2, 0) is 9.53 Å². The van der Waals surface area contributed by atoms with Crippen molar-refractivity contribution in [1.29, 1.82) is 0 Å². The van der Waals surface area contributed by atoms with E-state index in [4.69, 9.17) is 14.2 Å². The summed E-state index contributed by atoms with van der Waals surface area (Å²) in [4.78, 5) is 34.6. The van der Waals surface area contributed by atoms with Crippen LogP contribution >= 0.6 is 0 Å². The second-order valence-corrected chi connectivity index (χ2v) is 9.79. The first-order valence-corrected chi connectivity index (χ1v) is 13.3. The molecule has 1 aliphatic heterocycles. The summed E-state index contributed by atoms with van der Waals surface area (Å²) in [6.07, 6.45) is 6.54. The van der Waals surface area contributed by atoms with Crippen molar-refractivity contribution in [3.05, 3.63) is 83.8 Å². The lowest BCUT2D eigenvalue weighted by Gasteiger charge is -2.20. The number of rotatable bonds is 10. The van der Waals surface area contributed by atoms with Gasteiger partial charge in [-0.25, -0.2) is 13.8 Å². The molecule has 43 heavy (non-hydrogen) atoms. The Morgan fingerprint density at radius 2 is 1.81 bits per heavy atom. The topological polar surface area (TPSA) is 124 Å². The van der Waals surface area contributed by atoms with Gasteiger partial charge in [-0.05, 0) is 37.1 Å². The smallest absolute Gasteiger partial charge is 0.247 e. The van der Waals surface area contributed by atoms with Gasteiger partial charge in [-0.3, -0.25) is 14.6 Å². The predicted molar refractivity (Wildman–Crippen MR) is 159 cm³/mol. The fourth-order valence-electron chi connectivity index (χ4n) is 4.84. The molecule has 0 spiro atoms. The molecule has 0 radical (unpaired) electrons. The highest BCUT2D eigenvalue weighted by Crippen LogP contribution is 2.37. The molecular formula is C31H29F2N5O5. The van der Waals surface area contributed by atoms with Crippen molar-refractivity contribution in [3.8, 4) is 11.5 Å². The number of carbonyl (C=O) groups is 2. The Bertz CT molecular complexity index is 1710. The standard InChI is InChI=1S/C31H29F2N5O5/c1-5-25(39)37-21-14-34-12-16(2)29(21)38-24-10-20-17(13-35-24)6-7-19(30(20)36-18-8-9-43-15-18)31(40)26-27(32)22(41-3)11-23(42-4)28(26)33/h5-7,10-14,18,36H,1,8-9,15H2,2-4H3,(H,37,39)(H,34,35,38). The minimum absolute atomic E-state index is 0.0312. The Balaban J connectivity index is 1.65. The third-order valence-corrected chi connectivity index (χ3v) is 7.06. The molecule has 3 heterocycles. The number of halogens is 2. The number of fused-ring (bicyclic) bond motifs is 1. The second kappa shape index (κ2) is 12.4. The van der Waals surface area contributed by atoms with E-state index in [0.717, 1.165) is 17.7 Å². The fraction of sp³-hybridized carbons (Fsp3) is 0.226. The van der Waals surface area contributed by atoms with E-state index in [0.29, 0.717) is 53.3 Å². The molecule has 0 saturated carbocycles. The van der Waals surface area contributed by atoms with Crippen LogP contribution in [0.4, 0.5) is 31.7 Å². The number of ketones is 1. The van der Waals surface area contributed by atoms with Crippen molar-refractivity contribution >= 4 is 45.3 Å². The molecule has 5 rings (SSSR count). The Hall–Kier alpha value is -5.10. The van der Waals surface area contributed by atoms with Gasteiger partial charge in [0.25, 0.3) is 0 Å². The molecule has 3 N–H and O–H groups in total. The van der Waals surface area contributed by atoms with E-state index in [9.17, 15) is 9.59 Å². The summed E-state index contributed by atoms with van der Waals surface area (Å²) in [5.41, 5.74) is 1.28. The van der Waals surface area contributed by atoms with Crippen LogP contribution < -0.4 is 25.4 Å². The van der Waals surface area contributed by atoms with Crippen LogP contribution in [0.25, 0.3) is 10.8 Å². The Labute approximate surface area is 246 Å². The molecule has 1 atom stereocenters. The minimum atomic E-state index is -1.14. The summed E-state index contributed by atoms with van der Waals surface area (Å²) in [5, 5.41) is 10.5. The third kappa shape index (κ3) is 5.82. The highest BCUT2D eigenvalue weighted by molar-refractivity contribution is 6.17. The number of amides is 1. The molecule has 0 bridgehead atoms. The number of carbonyl (C=O) groups excluding carboxylic acids is 2. The number of benzene rings is 2. The molecule has 222 valence electrons. The zero-order valence-corrected chi connectivity index (χ0v) is 23.7. The molecule has 10 nitrogen and oxygen atoms in total. The van der Waals surface area contributed by atoms with Crippen molar-refractivity contribution < 1.29 is 32.6 Å². The Kier molecular flexibility index (Phi) is 8.48. The summed E-state index contributed by atoms with van der Waals surface area (Å²) in [6, 6.07) is 5.75. The van der Waals surface area contributed by atoms with Gasteiger partial charge >= 0.3 is 0 Å². The monoisotopic (exact) mass is 589 g/mol. The predicted octanol–water partition coefficient (Wildman–Crippen LogP) is 5.53. The molecule has 4 aromatic rings. The SMILES string of the molecule is C=CC(=O)Nc1cncc(C)c1Nc1cc2c(NC3CCOC3)c(C(=O)c3c(F)c(OC)cc(OC)c3F)ccc2cn1. The lowest BCUT2D eigenvalue weighted by atomic mass is 9.96. The van der Waals surface area contributed by atoms with Crippen molar-refractivity contribution in [2.45, 2.75) is 19.4 Å². The normalized spacial score (nSPS) is 14.3. The van der Waals surface area contributed by atoms with Gasteiger partial charge in [-0.2, -0.15) is 0 Å². The third-order valence-electron chi connectivity index (χ3n) is 7.06. The van der Waals surface area contributed by atoms with E-state index < -0.39 is 28.9 Å². The lowest BCUT2D eigenvalue weighted by molar-refractivity contribution is -0.111. The zero-order chi connectivity index (χ0) is 30.7. The first kappa shape index (κ1) is 29.4. The number of hydrogen-bond acceptors (Lipinski definition) is 9. The molecule has 1 aliphatic rings. The molecule has 2 aromatic heterocycles. The van der Waals surface area contributed by atoms with Gasteiger partial charge in [0.05, 0.1) is 50.1 Å². The molecule has 1 saturated heterocycles. The van der Waals surface area contributed by atoms with Crippen LogP contribution in [0.5, 0.6) is 11.5 Å². The first-order chi connectivity index (χ1) is 20.7. The van der Waals surface area contributed by atoms with Crippen LogP contribution in [0.2, 0.25) is 0 Å². The maximum Gasteiger partial charge on any atom is 0.247 e. The number of hydrogen-bond donors (Lipinski definition) is 3. The summed E-state index contributed by atoms with van der Waals surface area (Å²) in [6.45, 7) is 6.21. The molecule has 0 aliphatic carbocycles. The van der Waals surface area contributed by atoms with E-state index in [1.807, 2.05) is 6.92 Å². The number of pyridine rings is 2. The van der Waals surface area contributed by atoms with Gasteiger partial charge in [0.1, 0.15) is 11.4 Å². The Morgan fingerprint density at radius 1 is 1.07 bits per heavy atom. The lowest BCUT2D eigenvalue weighted by Crippen LogP contribution is -2.22. The van der Waals surface area contributed by atoms with Gasteiger partial charge in [-0.15, -0.1) is 0 Å². The average Bonchev–Trinajstić information content (AvgIpc) is 3.52. The summed E-state index contributed by atoms with van der Waals surface area (Å²) >= 11 is 0. The summed E-state index contributed by atoms with van der Waals surface area (Å²) in [5.74, 6) is -3.87. The van der Waals surface area contributed by atoms with E-state index >= 15 is 8.78 Å². The number of ether oxygens (including phenoxy) is 3. The van der Waals surface area contributed by atoms with Gasteiger partial charge in [0.15, 0.2) is 23.1 Å². The van der Waals surface area contributed by atoms with Crippen molar-refractivity contribution in [3.63, 3.8) is 0 Å². The summed E-state index contributed by atoms with van der Waals surface area (Å²) in [7, 11) is 2.43. The van der Waals surface area contributed by atoms with E-state index in [1.165, 1.54) is 26.5 Å². The molecule has 1 fully saturated rings. The Morgan fingerprint density at radius 3 is 2.47 bits per heavy atom. The number of anilines is 4. The van der Waals surface area contributed by atoms with Crippen molar-refractivity contribution in [2.24, 2.45) is 0 Å². The summed E-state index contributed by atoms with van der Waals surface area (Å²) < 4.78 is 46.4. The van der Waals surface area contributed by atoms with Crippen LogP contribution in [-0.4, -0.2) is 55.1 Å². The van der Waals surface area contributed by atoms with Gasteiger partial charge in [0.2, 0.25) is 11.7 Å². The number of aromatic nitrogens is 2. The van der Waals surface area contributed by atoms with E-state index in [1.54, 1.807) is 24.5 Å². The van der Waals surface area contributed by atoms with Gasteiger partial charge in [-0.1, -0.05) is 12.6 Å². The molecule has 1 unspecified atom stereocenters. The number of methoxy groups -OCH3 is 2. The average molecular weight is 590 g/mol. The maximum absolute atomic E-state index is 15.4. The van der Waals surface area contributed by atoms with E-state index in [-0.39, 0.29) is 23.1 Å². The van der Waals surface area contributed by atoms with Gasteiger partial charge < -0.3 is 30.2 Å². The van der Waals surface area contributed by atoms with Crippen LogP contribution in [0, 0.1) is 18.6 Å².